The number of hydrogen-bond acceptors (Lipinski definition) is 4. The van der Waals surface area contributed by atoms with E-state index in [0.29, 0.717) is 12.2 Å². The molecule has 0 saturated carbocycles. The minimum Gasteiger partial charge on any atom is -0.379 e. The second kappa shape index (κ2) is 7.15. The number of nitro groups is 1. The molecule has 0 bridgehead atoms. The summed E-state index contributed by atoms with van der Waals surface area (Å²) in [5.41, 5.74) is 0.594. The Bertz CT molecular complexity index is 498. The monoisotopic (exact) mass is 263 g/mol. The highest BCUT2D eigenvalue weighted by atomic mass is 16.6. The molecule has 0 radical (unpaired) electrons. The number of hydrogen-bond donors (Lipinski definition) is 2. The van der Waals surface area contributed by atoms with Gasteiger partial charge in [0.05, 0.1) is 4.92 Å². The fourth-order valence-electron chi connectivity index (χ4n) is 1.57. The predicted octanol–water partition coefficient (Wildman–Crippen LogP) is 2.33. The molecular weight excluding hydrogens is 246 g/mol. The number of nitrogens with one attached hydrogen (secondary N) is 2. The van der Waals surface area contributed by atoms with E-state index in [0.717, 1.165) is 6.42 Å². The van der Waals surface area contributed by atoms with Crippen LogP contribution < -0.4 is 10.6 Å². The molecule has 0 aliphatic heterocycles. The van der Waals surface area contributed by atoms with Gasteiger partial charge in [0.15, 0.2) is 0 Å². The highest BCUT2D eigenvalue weighted by molar-refractivity contribution is 5.95. The van der Waals surface area contributed by atoms with Crippen LogP contribution in [-0.4, -0.2) is 24.4 Å². The Morgan fingerprint density at radius 2 is 2.21 bits per heavy atom. The molecule has 0 aliphatic carbocycles. The number of nitro benzene ring substituents is 1. The van der Waals surface area contributed by atoms with Gasteiger partial charge in [0.2, 0.25) is 0 Å². The number of benzene rings is 1. The lowest BCUT2D eigenvalue weighted by molar-refractivity contribution is -0.384. The van der Waals surface area contributed by atoms with Crippen molar-refractivity contribution in [1.82, 2.24) is 5.32 Å². The van der Waals surface area contributed by atoms with Crippen LogP contribution in [0.1, 0.15) is 23.7 Å². The average Bonchev–Trinajstić information content (AvgIpc) is 2.42. The molecular formula is C13H17N3O3. The van der Waals surface area contributed by atoms with Crippen molar-refractivity contribution in [2.24, 2.45) is 0 Å². The highest BCUT2D eigenvalue weighted by Gasteiger charge is 2.16. The molecule has 0 heterocycles. The van der Waals surface area contributed by atoms with Gasteiger partial charge in [-0.25, -0.2) is 0 Å². The van der Waals surface area contributed by atoms with Crippen molar-refractivity contribution in [2.75, 3.05) is 18.9 Å². The molecule has 0 spiro atoms. The molecule has 1 aromatic rings. The quantitative estimate of drug-likeness (QED) is 0.357. The summed E-state index contributed by atoms with van der Waals surface area (Å²) in [6.07, 6.45) is 4.67. The Morgan fingerprint density at radius 1 is 1.47 bits per heavy atom. The van der Waals surface area contributed by atoms with Crippen LogP contribution in [0.4, 0.5) is 11.4 Å². The Hall–Kier alpha value is -2.37. The van der Waals surface area contributed by atoms with Crippen molar-refractivity contribution in [3.05, 3.63) is 46.0 Å². The largest absolute Gasteiger partial charge is 0.379 e. The molecule has 6 nitrogen and oxygen atoms in total. The zero-order valence-corrected chi connectivity index (χ0v) is 11.0. The Labute approximate surface area is 111 Å². The van der Waals surface area contributed by atoms with Gasteiger partial charge in [0.1, 0.15) is 5.69 Å². The zero-order chi connectivity index (χ0) is 14.3. The van der Waals surface area contributed by atoms with Gasteiger partial charge in [-0.15, -0.1) is 0 Å². The minimum atomic E-state index is -0.496. The molecule has 0 unspecified atom stereocenters. The van der Waals surface area contributed by atoms with E-state index in [-0.39, 0.29) is 17.2 Å². The maximum Gasteiger partial charge on any atom is 0.293 e. The smallest absolute Gasteiger partial charge is 0.293 e. The number of nitrogens with zero attached hydrogens (tertiary/aromatic N) is 1. The number of amides is 1. The van der Waals surface area contributed by atoms with Gasteiger partial charge in [0.25, 0.3) is 11.6 Å². The molecule has 1 amide bonds. The van der Waals surface area contributed by atoms with Gasteiger partial charge in [-0.05, 0) is 25.5 Å². The van der Waals surface area contributed by atoms with Crippen LogP contribution in [0.5, 0.6) is 0 Å². The zero-order valence-electron chi connectivity index (χ0n) is 11.0. The summed E-state index contributed by atoms with van der Waals surface area (Å²) in [7, 11) is 1.48. The van der Waals surface area contributed by atoms with Gasteiger partial charge in [-0.1, -0.05) is 12.2 Å². The molecule has 102 valence electrons. The number of allylic oxidation sites excluding steroid dienone is 1. The average molecular weight is 263 g/mol. The van der Waals surface area contributed by atoms with E-state index < -0.39 is 4.92 Å². The molecule has 1 aromatic carbocycles. The topological polar surface area (TPSA) is 84.3 Å². The van der Waals surface area contributed by atoms with Crippen LogP contribution in [0, 0.1) is 10.1 Å². The van der Waals surface area contributed by atoms with Gasteiger partial charge < -0.3 is 10.6 Å². The van der Waals surface area contributed by atoms with Crippen LogP contribution >= 0.6 is 0 Å². The molecule has 6 heteroatoms. The molecule has 19 heavy (non-hydrogen) atoms. The Morgan fingerprint density at radius 3 is 2.79 bits per heavy atom. The van der Waals surface area contributed by atoms with E-state index in [1.165, 1.54) is 13.1 Å². The van der Waals surface area contributed by atoms with E-state index in [4.69, 9.17) is 0 Å². The standard InChI is InChI=1S/C13H17N3O3/c1-3-4-5-8-15-11-7-6-10(13(17)14-2)9-12(11)16(18)19/h3-4,6-7,9,15H,5,8H2,1-2H3,(H,14,17)/b4-3+. The minimum absolute atomic E-state index is 0.0958. The highest BCUT2D eigenvalue weighted by Crippen LogP contribution is 2.25. The lowest BCUT2D eigenvalue weighted by atomic mass is 10.1. The lowest BCUT2D eigenvalue weighted by Crippen LogP contribution is -2.18. The van der Waals surface area contributed by atoms with E-state index in [1.807, 2.05) is 19.1 Å². The third-order valence-corrected chi connectivity index (χ3v) is 2.55. The van der Waals surface area contributed by atoms with Crippen molar-refractivity contribution in [3.63, 3.8) is 0 Å². The van der Waals surface area contributed by atoms with Gasteiger partial charge >= 0.3 is 0 Å². The number of anilines is 1. The summed E-state index contributed by atoms with van der Waals surface area (Å²) >= 11 is 0. The van der Waals surface area contributed by atoms with Gasteiger partial charge in [0, 0.05) is 25.2 Å². The van der Waals surface area contributed by atoms with Crippen LogP contribution in [-0.2, 0) is 0 Å². The third-order valence-electron chi connectivity index (χ3n) is 2.55. The summed E-state index contributed by atoms with van der Waals surface area (Å²) in [6, 6.07) is 4.39. The van der Waals surface area contributed by atoms with Crippen molar-refractivity contribution in [3.8, 4) is 0 Å². The fourth-order valence-corrected chi connectivity index (χ4v) is 1.57. The van der Waals surface area contributed by atoms with E-state index >= 15 is 0 Å². The van der Waals surface area contributed by atoms with E-state index in [2.05, 4.69) is 10.6 Å². The third kappa shape index (κ3) is 4.09. The van der Waals surface area contributed by atoms with E-state index in [9.17, 15) is 14.9 Å². The summed E-state index contributed by atoms with van der Waals surface area (Å²) < 4.78 is 0. The predicted molar refractivity (Wildman–Crippen MR) is 74.4 cm³/mol. The van der Waals surface area contributed by atoms with Crippen LogP contribution in [0.2, 0.25) is 0 Å². The Kier molecular flexibility index (Phi) is 5.53. The van der Waals surface area contributed by atoms with Crippen molar-refractivity contribution in [2.45, 2.75) is 13.3 Å². The number of carbonyl (C=O) groups is 1. The fraction of sp³-hybridized carbons (Fsp3) is 0.308. The van der Waals surface area contributed by atoms with Crippen LogP contribution in [0.15, 0.2) is 30.4 Å². The molecule has 0 saturated heterocycles. The number of carbonyl (C=O) groups excluding carboxylic acids is 1. The first kappa shape index (κ1) is 14.7. The van der Waals surface area contributed by atoms with Crippen molar-refractivity contribution in [1.29, 1.82) is 0 Å². The molecule has 2 N–H and O–H groups in total. The second-order valence-electron chi connectivity index (χ2n) is 3.85. The first-order valence-electron chi connectivity index (χ1n) is 5.95. The molecule has 0 fully saturated rings. The maximum atomic E-state index is 11.4. The first-order valence-corrected chi connectivity index (χ1v) is 5.95. The summed E-state index contributed by atoms with van der Waals surface area (Å²) in [5, 5.41) is 16.4. The molecule has 0 aliphatic rings. The van der Waals surface area contributed by atoms with Crippen LogP contribution in [0.25, 0.3) is 0 Å². The summed E-state index contributed by atoms with van der Waals surface area (Å²) in [6.45, 7) is 2.52. The lowest BCUT2D eigenvalue weighted by Gasteiger charge is -2.07. The van der Waals surface area contributed by atoms with E-state index in [1.54, 1.807) is 12.1 Å². The molecule has 0 aromatic heterocycles. The maximum absolute atomic E-state index is 11.4. The normalized spacial score (nSPS) is 10.4. The number of rotatable bonds is 6. The molecule has 1 rings (SSSR count). The van der Waals surface area contributed by atoms with Crippen molar-refractivity contribution >= 4 is 17.3 Å². The summed E-state index contributed by atoms with van der Waals surface area (Å²) in [4.78, 5) is 21.9. The summed E-state index contributed by atoms with van der Waals surface area (Å²) in [5.74, 6) is -0.344. The first-order chi connectivity index (χ1) is 9.10. The second-order valence-corrected chi connectivity index (χ2v) is 3.85. The van der Waals surface area contributed by atoms with Crippen molar-refractivity contribution < 1.29 is 9.72 Å². The SMILES string of the molecule is C/C=C/CCNc1ccc(C(=O)NC)cc1[N+](=O)[O-]. The van der Waals surface area contributed by atoms with Gasteiger partial charge in [-0.3, -0.25) is 14.9 Å². The van der Waals surface area contributed by atoms with Gasteiger partial charge in [-0.2, -0.15) is 0 Å². The molecule has 0 atom stereocenters. The van der Waals surface area contributed by atoms with Crippen LogP contribution in [0.3, 0.4) is 0 Å². The Balaban J connectivity index is 2.92.